The fourth-order valence-electron chi connectivity index (χ4n) is 0.862. The molecule has 0 aromatic carbocycles. The van der Waals surface area contributed by atoms with Crippen LogP contribution in [0.5, 0.6) is 0 Å². The van der Waals surface area contributed by atoms with Gasteiger partial charge >= 0.3 is 0 Å². The summed E-state index contributed by atoms with van der Waals surface area (Å²) in [5.41, 5.74) is 1.05. The van der Waals surface area contributed by atoms with Crippen LogP contribution in [-0.2, 0) is 0 Å². The SMILES string of the molecule is C.Cc1cc(C)n(O)c(=O)c1. The molecule has 62 valence electrons. The minimum atomic E-state index is -0.377. The number of rotatable bonds is 0. The zero-order valence-corrected chi connectivity index (χ0v) is 5.96. The van der Waals surface area contributed by atoms with Crippen LogP contribution >= 0.6 is 0 Å². The van der Waals surface area contributed by atoms with E-state index in [1.807, 2.05) is 6.92 Å². The summed E-state index contributed by atoms with van der Waals surface area (Å²) in [7, 11) is 0. The van der Waals surface area contributed by atoms with E-state index in [2.05, 4.69) is 0 Å². The molecule has 0 aliphatic heterocycles. The molecule has 0 saturated carbocycles. The summed E-state index contributed by atoms with van der Waals surface area (Å²) < 4.78 is 0.632. The molecule has 0 atom stereocenters. The second kappa shape index (κ2) is 3.23. The average Bonchev–Trinajstić information content (AvgIpc) is 1.82. The van der Waals surface area contributed by atoms with Crippen molar-refractivity contribution in [2.24, 2.45) is 0 Å². The molecule has 1 rings (SSSR count). The van der Waals surface area contributed by atoms with Crippen LogP contribution in [0.3, 0.4) is 0 Å². The van der Waals surface area contributed by atoms with Gasteiger partial charge in [-0.05, 0) is 25.5 Å². The van der Waals surface area contributed by atoms with E-state index in [0.29, 0.717) is 10.4 Å². The highest BCUT2D eigenvalue weighted by atomic mass is 16.5. The van der Waals surface area contributed by atoms with Gasteiger partial charge in [-0.15, -0.1) is 0 Å². The van der Waals surface area contributed by atoms with Crippen molar-refractivity contribution in [2.45, 2.75) is 21.3 Å². The Labute approximate surface area is 65.9 Å². The van der Waals surface area contributed by atoms with E-state index in [1.54, 1.807) is 13.0 Å². The van der Waals surface area contributed by atoms with E-state index < -0.39 is 0 Å². The Kier molecular flexibility index (Phi) is 2.87. The Hall–Kier alpha value is -1.25. The third-order valence-electron chi connectivity index (χ3n) is 1.33. The van der Waals surface area contributed by atoms with Crippen molar-refractivity contribution < 1.29 is 5.21 Å². The monoisotopic (exact) mass is 155 g/mol. The Morgan fingerprint density at radius 2 is 1.91 bits per heavy atom. The minimum absolute atomic E-state index is 0. The van der Waals surface area contributed by atoms with Gasteiger partial charge in [-0.25, -0.2) is 0 Å². The molecule has 0 unspecified atom stereocenters. The number of aromatic nitrogens is 1. The van der Waals surface area contributed by atoms with Crippen LogP contribution in [0.4, 0.5) is 0 Å². The number of hydrogen-bond acceptors (Lipinski definition) is 2. The van der Waals surface area contributed by atoms with Gasteiger partial charge in [0.05, 0.1) is 5.69 Å². The summed E-state index contributed by atoms with van der Waals surface area (Å²) in [5.74, 6) is 0. The molecule has 0 aliphatic rings. The molecule has 1 N–H and O–H groups in total. The minimum Gasteiger partial charge on any atom is -0.425 e. The first-order chi connectivity index (χ1) is 4.61. The number of aryl methyl sites for hydroxylation is 2. The van der Waals surface area contributed by atoms with Crippen LogP contribution in [0.15, 0.2) is 16.9 Å². The van der Waals surface area contributed by atoms with Gasteiger partial charge in [0.1, 0.15) is 0 Å². The summed E-state index contributed by atoms with van der Waals surface area (Å²) in [6, 6.07) is 3.12. The lowest BCUT2D eigenvalue weighted by Gasteiger charge is -2.00. The summed E-state index contributed by atoms with van der Waals surface area (Å²) >= 11 is 0. The van der Waals surface area contributed by atoms with Crippen LogP contribution < -0.4 is 5.56 Å². The van der Waals surface area contributed by atoms with Crippen molar-refractivity contribution in [3.63, 3.8) is 0 Å². The van der Waals surface area contributed by atoms with E-state index in [9.17, 15) is 4.79 Å². The quantitative estimate of drug-likeness (QED) is 0.574. The average molecular weight is 155 g/mol. The Balaban J connectivity index is 0.000001000. The van der Waals surface area contributed by atoms with Gasteiger partial charge in [-0.3, -0.25) is 4.79 Å². The van der Waals surface area contributed by atoms with Crippen molar-refractivity contribution in [2.75, 3.05) is 0 Å². The highest BCUT2D eigenvalue weighted by molar-refractivity contribution is 5.13. The highest BCUT2D eigenvalue weighted by Crippen LogP contribution is 1.95. The molecule has 1 aromatic rings. The predicted molar refractivity (Wildman–Crippen MR) is 44.1 cm³/mol. The molecule has 0 fully saturated rings. The first-order valence-corrected chi connectivity index (χ1v) is 3.01. The van der Waals surface area contributed by atoms with Crippen LogP contribution in [0.1, 0.15) is 18.7 Å². The van der Waals surface area contributed by atoms with Gasteiger partial charge in [0.15, 0.2) is 0 Å². The van der Waals surface area contributed by atoms with Crippen LogP contribution in [0, 0.1) is 13.8 Å². The molecule has 0 aliphatic carbocycles. The lowest BCUT2D eigenvalue weighted by molar-refractivity contribution is 0.168. The zero-order valence-electron chi connectivity index (χ0n) is 5.96. The lowest BCUT2D eigenvalue weighted by atomic mass is 10.2. The highest BCUT2D eigenvalue weighted by Gasteiger charge is 1.96. The van der Waals surface area contributed by atoms with E-state index in [4.69, 9.17) is 5.21 Å². The topological polar surface area (TPSA) is 42.2 Å². The molecule has 0 radical (unpaired) electrons. The van der Waals surface area contributed by atoms with E-state index in [1.165, 1.54) is 6.07 Å². The maximum Gasteiger partial charge on any atom is 0.283 e. The molecule has 1 heterocycles. The van der Waals surface area contributed by atoms with Gasteiger partial charge in [-0.2, -0.15) is 4.73 Å². The van der Waals surface area contributed by atoms with Crippen molar-refractivity contribution >= 4 is 0 Å². The molecular weight excluding hydrogens is 142 g/mol. The zero-order chi connectivity index (χ0) is 7.72. The third-order valence-corrected chi connectivity index (χ3v) is 1.33. The molecule has 0 spiro atoms. The molecule has 11 heavy (non-hydrogen) atoms. The fourth-order valence-corrected chi connectivity index (χ4v) is 0.862. The van der Waals surface area contributed by atoms with Crippen molar-refractivity contribution in [3.8, 4) is 0 Å². The third kappa shape index (κ3) is 1.83. The summed E-state index contributed by atoms with van der Waals surface area (Å²) in [6.07, 6.45) is 0. The second-order valence-electron chi connectivity index (χ2n) is 2.32. The predicted octanol–water partition coefficient (Wildman–Crippen LogP) is 1.34. The standard InChI is InChI=1S/C7H9NO2.CH4/c1-5-3-6(2)8(10)7(9)4-5;/h3-4,10H,1-2H3;1H4. The van der Waals surface area contributed by atoms with Crippen molar-refractivity contribution in [1.29, 1.82) is 0 Å². The molecule has 0 saturated heterocycles. The molecule has 1 aromatic heterocycles. The smallest absolute Gasteiger partial charge is 0.283 e. The van der Waals surface area contributed by atoms with Crippen LogP contribution in [-0.4, -0.2) is 9.94 Å². The summed E-state index contributed by atoms with van der Waals surface area (Å²) in [4.78, 5) is 10.8. The second-order valence-corrected chi connectivity index (χ2v) is 2.32. The maximum atomic E-state index is 10.8. The largest absolute Gasteiger partial charge is 0.425 e. The van der Waals surface area contributed by atoms with E-state index in [0.717, 1.165) is 5.56 Å². The summed E-state index contributed by atoms with van der Waals surface area (Å²) in [6.45, 7) is 3.49. The van der Waals surface area contributed by atoms with Gasteiger partial charge in [0.25, 0.3) is 5.56 Å². The van der Waals surface area contributed by atoms with Gasteiger partial charge in [0.2, 0.25) is 0 Å². The Bertz CT molecular complexity index is 301. The van der Waals surface area contributed by atoms with Gasteiger partial charge in [0, 0.05) is 6.07 Å². The first kappa shape index (κ1) is 9.75. The van der Waals surface area contributed by atoms with E-state index >= 15 is 0 Å². The maximum absolute atomic E-state index is 10.8. The number of hydrogen-bond donors (Lipinski definition) is 1. The lowest BCUT2D eigenvalue weighted by Crippen LogP contribution is -2.18. The molecule has 3 nitrogen and oxygen atoms in total. The number of pyridine rings is 1. The Morgan fingerprint density at radius 3 is 2.36 bits per heavy atom. The molecule has 3 heteroatoms. The number of nitrogens with zero attached hydrogens (tertiary/aromatic N) is 1. The normalized spacial score (nSPS) is 8.91. The molecular formula is C8H13NO2. The fraction of sp³-hybridized carbons (Fsp3) is 0.375. The molecule has 0 bridgehead atoms. The summed E-state index contributed by atoms with van der Waals surface area (Å²) in [5, 5.41) is 8.93. The van der Waals surface area contributed by atoms with Crippen LogP contribution in [0.2, 0.25) is 0 Å². The van der Waals surface area contributed by atoms with Crippen LogP contribution in [0.25, 0.3) is 0 Å². The van der Waals surface area contributed by atoms with Gasteiger partial charge < -0.3 is 5.21 Å². The van der Waals surface area contributed by atoms with E-state index in [-0.39, 0.29) is 13.0 Å². The van der Waals surface area contributed by atoms with Gasteiger partial charge in [-0.1, -0.05) is 7.43 Å². The first-order valence-electron chi connectivity index (χ1n) is 3.01. The Morgan fingerprint density at radius 1 is 1.36 bits per heavy atom. The van der Waals surface area contributed by atoms with Crippen molar-refractivity contribution in [3.05, 3.63) is 33.7 Å². The molecule has 0 amide bonds. The van der Waals surface area contributed by atoms with Crippen molar-refractivity contribution in [1.82, 2.24) is 4.73 Å².